The standard InChI is InChI=1S/C15H20N2O4/c1-21-13-8-6-11(7-9-13)16-15(20)17(10-14(18)19)12-4-2-3-5-12/h6-9,12H,2-5,10H2,1H3,(H,16,20)(H,18,19). The summed E-state index contributed by atoms with van der Waals surface area (Å²) in [6.07, 6.45) is 3.81. The molecule has 0 aromatic heterocycles. The first kappa shape index (κ1) is 15.2. The number of rotatable bonds is 5. The molecule has 6 heteroatoms. The smallest absolute Gasteiger partial charge is 0.323 e. The van der Waals surface area contributed by atoms with Gasteiger partial charge < -0.3 is 20.1 Å². The maximum absolute atomic E-state index is 12.3. The molecule has 0 spiro atoms. The molecule has 0 saturated heterocycles. The van der Waals surface area contributed by atoms with Gasteiger partial charge in [-0.15, -0.1) is 0 Å². The van der Waals surface area contributed by atoms with Crippen LogP contribution in [0.1, 0.15) is 25.7 Å². The van der Waals surface area contributed by atoms with Crippen molar-refractivity contribution in [3.8, 4) is 5.75 Å². The van der Waals surface area contributed by atoms with Gasteiger partial charge in [0.15, 0.2) is 0 Å². The number of amides is 2. The van der Waals surface area contributed by atoms with E-state index in [4.69, 9.17) is 9.84 Å². The molecule has 1 aliphatic rings. The Hall–Kier alpha value is -2.24. The Labute approximate surface area is 123 Å². The van der Waals surface area contributed by atoms with Crippen molar-refractivity contribution >= 4 is 17.7 Å². The number of hydrogen-bond donors (Lipinski definition) is 2. The number of benzene rings is 1. The van der Waals surface area contributed by atoms with E-state index in [1.807, 2.05) is 0 Å². The SMILES string of the molecule is COc1ccc(NC(=O)N(CC(=O)O)C2CCCC2)cc1. The van der Waals surface area contributed by atoms with E-state index < -0.39 is 5.97 Å². The summed E-state index contributed by atoms with van der Waals surface area (Å²) in [7, 11) is 1.57. The van der Waals surface area contributed by atoms with Crippen molar-refractivity contribution in [2.24, 2.45) is 0 Å². The third-order valence-corrected chi connectivity index (χ3v) is 3.67. The van der Waals surface area contributed by atoms with Crippen molar-refractivity contribution in [1.29, 1.82) is 0 Å². The minimum Gasteiger partial charge on any atom is -0.497 e. The second-order valence-electron chi connectivity index (χ2n) is 5.12. The Kier molecular flexibility index (Phi) is 5.03. The topological polar surface area (TPSA) is 78.9 Å². The highest BCUT2D eigenvalue weighted by atomic mass is 16.5. The molecule has 0 radical (unpaired) electrons. The first-order valence-electron chi connectivity index (χ1n) is 7.03. The molecule has 1 fully saturated rings. The van der Waals surface area contributed by atoms with Crippen molar-refractivity contribution in [3.05, 3.63) is 24.3 Å². The molecule has 2 N–H and O–H groups in total. The van der Waals surface area contributed by atoms with Gasteiger partial charge in [0.05, 0.1) is 7.11 Å². The van der Waals surface area contributed by atoms with Crippen LogP contribution < -0.4 is 10.1 Å². The minimum atomic E-state index is -0.994. The number of ether oxygens (including phenoxy) is 1. The lowest BCUT2D eigenvalue weighted by Gasteiger charge is -2.27. The fourth-order valence-electron chi connectivity index (χ4n) is 2.60. The van der Waals surface area contributed by atoms with E-state index in [-0.39, 0.29) is 18.6 Å². The molecule has 0 atom stereocenters. The molecule has 1 saturated carbocycles. The third kappa shape index (κ3) is 4.11. The number of anilines is 1. The lowest BCUT2D eigenvalue weighted by molar-refractivity contribution is -0.138. The lowest BCUT2D eigenvalue weighted by Crippen LogP contribution is -2.44. The summed E-state index contributed by atoms with van der Waals surface area (Å²) in [5.41, 5.74) is 0.620. The zero-order valence-corrected chi connectivity index (χ0v) is 12.0. The molecular weight excluding hydrogens is 272 g/mol. The van der Waals surface area contributed by atoms with Gasteiger partial charge in [-0.1, -0.05) is 12.8 Å². The lowest BCUT2D eigenvalue weighted by atomic mass is 10.2. The van der Waals surface area contributed by atoms with E-state index in [2.05, 4.69) is 5.32 Å². The molecule has 6 nitrogen and oxygen atoms in total. The third-order valence-electron chi connectivity index (χ3n) is 3.67. The molecule has 114 valence electrons. The van der Waals surface area contributed by atoms with E-state index in [9.17, 15) is 9.59 Å². The maximum Gasteiger partial charge on any atom is 0.323 e. The van der Waals surface area contributed by atoms with E-state index in [1.54, 1.807) is 31.4 Å². The predicted octanol–water partition coefficient (Wildman–Crippen LogP) is 2.56. The van der Waals surface area contributed by atoms with Crippen LogP contribution in [0.3, 0.4) is 0 Å². The summed E-state index contributed by atoms with van der Waals surface area (Å²) in [4.78, 5) is 24.7. The molecule has 0 aliphatic heterocycles. The summed E-state index contributed by atoms with van der Waals surface area (Å²) in [5.74, 6) is -0.294. The van der Waals surface area contributed by atoms with Crippen molar-refractivity contribution in [3.63, 3.8) is 0 Å². The van der Waals surface area contributed by atoms with E-state index in [0.717, 1.165) is 25.7 Å². The summed E-state index contributed by atoms with van der Waals surface area (Å²) in [5, 5.41) is 11.7. The fraction of sp³-hybridized carbons (Fsp3) is 0.467. The number of nitrogens with one attached hydrogen (secondary N) is 1. The fourth-order valence-corrected chi connectivity index (χ4v) is 2.60. The summed E-state index contributed by atoms with van der Waals surface area (Å²) < 4.78 is 5.05. The van der Waals surface area contributed by atoms with Crippen LogP contribution in [0.2, 0.25) is 0 Å². The van der Waals surface area contributed by atoms with Crippen LogP contribution in [-0.2, 0) is 4.79 Å². The monoisotopic (exact) mass is 292 g/mol. The zero-order valence-electron chi connectivity index (χ0n) is 12.0. The first-order chi connectivity index (χ1) is 10.1. The number of methoxy groups -OCH3 is 1. The van der Waals surface area contributed by atoms with Gasteiger partial charge in [-0.2, -0.15) is 0 Å². The van der Waals surface area contributed by atoms with Crippen LogP contribution in [-0.4, -0.2) is 41.7 Å². The largest absolute Gasteiger partial charge is 0.497 e. The van der Waals surface area contributed by atoms with Gasteiger partial charge in [-0.05, 0) is 37.1 Å². The van der Waals surface area contributed by atoms with Crippen LogP contribution in [0.25, 0.3) is 0 Å². The van der Waals surface area contributed by atoms with E-state index in [0.29, 0.717) is 11.4 Å². The van der Waals surface area contributed by atoms with Gasteiger partial charge in [0.25, 0.3) is 0 Å². The summed E-state index contributed by atoms with van der Waals surface area (Å²) in [6, 6.07) is 6.59. The van der Waals surface area contributed by atoms with Crippen molar-refractivity contribution < 1.29 is 19.4 Å². The number of nitrogens with zero attached hydrogens (tertiary/aromatic N) is 1. The Morgan fingerprint density at radius 3 is 2.43 bits per heavy atom. The second-order valence-corrected chi connectivity index (χ2v) is 5.12. The highest BCUT2D eigenvalue weighted by molar-refractivity contribution is 5.91. The number of carboxylic acid groups (broad SMARTS) is 1. The number of carbonyl (C=O) groups excluding carboxylic acids is 1. The molecule has 0 unspecified atom stereocenters. The molecule has 2 rings (SSSR count). The number of urea groups is 1. The van der Waals surface area contributed by atoms with Gasteiger partial charge >= 0.3 is 12.0 Å². The molecule has 0 heterocycles. The van der Waals surface area contributed by atoms with Crippen LogP contribution >= 0.6 is 0 Å². The van der Waals surface area contributed by atoms with Gasteiger partial charge in [-0.25, -0.2) is 4.79 Å². The van der Waals surface area contributed by atoms with Crippen LogP contribution in [0.4, 0.5) is 10.5 Å². The summed E-state index contributed by atoms with van der Waals surface area (Å²) in [6.45, 7) is -0.271. The molecule has 21 heavy (non-hydrogen) atoms. The Morgan fingerprint density at radius 2 is 1.90 bits per heavy atom. The predicted molar refractivity (Wildman–Crippen MR) is 78.6 cm³/mol. The first-order valence-corrected chi connectivity index (χ1v) is 7.03. The van der Waals surface area contributed by atoms with Crippen LogP contribution in [0.5, 0.6) is 5.75 Å². The van der Waals surface area contributed by atoms with Crippen LogP contribution in [0, 0.1) is 0 Å². The number of carboxylic acids is 1. The quantitative estimate of drug-likeness (QED) is 0.874. The maximum atomic E-state index is 12.3. The van der Waals surface area contributed by atoms with E-state index >= 15 is 0 Å². The molecule has 1 aliphatic carbocycles. The number of carbonyl (C=O) groups is 2. The second kappa shape index (κ2) is 6.97. The van der Waals surface area contributed by atoms with Crippen molar-refractivity contribution in [2.75, 3.05) is 19.0 Å². The Morgan fingerprint density at radius 1 is 1.29 bits per heavy atom. The van der Waals surface area contributed by atoms with Gasteiger partial charge in [0.1, 0.15) is 12.3 Å². The Balaban J connectivity index is 2.04. The van der Waals surface area contributed by atoms with Gasteiger partial charge in [-0.3, -0.25) is 4.79 Å². The number of hydrogen-bond acceptors (Lipinski definition) is 3. The molecular formula is C15H20N2O4. The number of aliphatic carboxylic acids is 1. The average molecular weight is 292 g/mol. The van der Waals surface area contributed by atoms with Crippen molar-refractivity contribution in [2.45, 2.75) is 31.7 Å². The highest BCUT2D eigenvalue weighted by Crippen LogP contribution is 2.24. The van der Waals surface area contributed by atoms with Gasteiger partial charge in [0.2, 0.25) is 0 Å². The highest BCUT2D eigenvalue weighted by Gasteiger charge is 2.28. The van der Waals surface area contributed by atoms with Gasteiger partial charge in [0, 0.05) is 11.7 Å². The molecule has 0 bridgehead atoms. The molecule has 1 aromatic rings. The Bertz CT molecular complexity index is 495. The van der Waals surface area contributed by atoms with E-state index in [1.165, 1.54) is 4.90 Å². The van der Waals surface area contributed by atoms with Crippen molar-refractivity contribution in [1.82, 2.24) is 4.90 Å². The zero-order chi connectivity index (χ0) is 15.2. The van der Waals surface area contributed by atoms with Crippen LogP contribution in [0.15, 0.2) is 24.3 Å². The average Bonchev–Trinajstić information content (AvgIpc) is 2.99. The normalized spacial score (nSPS) is 14.7. The summed E-state index contributed by atoms with van der Waals surface area (Å²) >= 11 is 0. The molecule has 2 amide bonds. The molecule has 1 aromatic carbocycles. The minimum absolute atomic E-state index is 0.0133.